The number of aryl methyl sites for hydroxylation is 1. The van der Waals surface area contributed by atoms with Crippen LogP contribution in [0.2, 0.25) is 0 Å². The number of hydrogen-bond donors (Lipinski definition) is 2. The molecule has 0 bridgehead atoms. The molecule has 0 radical (unpaired) electrons. The van der Waals surface area contributed by atoms with E-state index in [-0.39, 0.29) is 23.8 Å². The van der Waals surface area contributed by atoms with E-state index in [0.29, 0.717) is 18.0 Å². The fourth-order valence-corrected chi connectivity index (χ4v) is 2.58. The first-order chi connectivity index (χ1) is 11.6. The maximum Gasteiger partial charge on any atom is 0.252 e. The van der Waals surface area contributed by atoms with Crippen LogP contribution >= 0.6 is 0 Å². The lowest BCUT2D eigenvalue weighted by molar-refractivity contribution is -0.133. The number of rotatable bonds is 8. The third-order valence-electron chi connectivity index (χ3n) is 4.64. The summed E-state index contributed by atoms with van der Waals surface area (Å²) in [5, 5.41) is 2.90. The highest BCUT2D eigenvalue weighted by Gasteiger charge is 2.27. The Kier molecular flexibility index (Phi) is 8.10. The second-order valence-corrected chi connectivity index (χ2v) is 7.47. The van der Waals surface area contributed by atoms with Crippen LogP contribution in [0.15, 0.2) is 24.3 Å². The Morgan fingerprint density at radius 3 is 2.24 bits per heavy atom. The van der Waals surface area contributed by atoms with E-state index < -0.39 is 6.04 Å². The zero-order valence-electron chi connectivity index (χ0n) is 16.4. The van der Waals surface area contributed by atoms with Crippen molar-refractivity contribution in [2.45, 2.75) is 53.1 Å². The normalized spacial score (nSPS) is 13.6. The van der Waals surface area contributed by atoms with Gasteiger partial charge in [-0.25, -0.2) is 0 Å². The third-order valence-corrected chi connectivity index (χ3v) is 4.64. The Morgan fingerprint density at radius 2 is 1.72 bits per heavy atom. The number of carbonyl (C=O) groups excluding carboxylic acids is 2. The van der Waals surface area contributed by atoms with E-state index in [1.165, 1.54) is 0 Å². The summed E-state index contributed by atoms with van der Waals surface area (Å²) in [4.78, 5) is 27.0. The first-order valence-electron chi connectivity index (χ1n) is 9.02. The average Bonchev–Trinajstić information content (AvgIpc) is 2.56. The van der Waals surface area contributed by atoms with Crippen molar-refractivity contribution >= 4 is 11.8 Å². The van der Waals surface area contributed by atoms with Crippen molar-refractivity contribution in [1.29, 1.82) is 0 Å². The molecule has 1 rings (SSSR count). The smallest absolute Gasteiger partial charge is 0.252 e. The van der Waals surface area contributed by atoms with Gasteiger partial charge in [0.2, 0.25) is 5.91 Å². The predicted molar refractivity (Wildman–Crippen MR) is 102 cm³/mol. The molecule has 0 aliphatic rings. The molecule has 0 aromatic heterocycles. The summed E-state index contributed by atoms with van der Waals surface area (Å²) < 4.78 is 0. The number of nitrogens with zero attached hydrogens (tertiary/aromatic N) is 1. The first-order valence-corrected chi connectivity index (χ1v) is 9.02. The number of nitrogens with two attached hydrogens (primary N) is 1. The van der Waals surface area contributed by atoms with E-state index in [0.717, 1.165) is 12.0 Å². The van der Waals surface area contributed by atoms with Crippen molar-refractivity contribution in [2.75, 3.05) is 13.6 Å². The maximum absolute atomic E-state index is 12.8. The summed E-state index contributed by atoms with van der Waals surface area (Å²) in [6.07, 6.45) is 0.746. The third kappa shape index (κ3) is 6.16. The molecule has 2 atom stereocenters. The van der Waals surface area contributed by atoms with Gasteiger partial charge in [-0.15, -0.1) is 0 Å². The van der Waals surface area contributed by atoms with Gasteiger partial charge in [0.05, 0.1) is 0 Å². The Labute approximate surface area is 152 Å². The molecule has 25 heavy (non-hydrogen) atoms. The van der Waals surface area contributed by atoms with Crippen LogP contribution in [-0.4, -0.2) is 42.4 Å². The topological polar surface area (TPSA) is 75.4 Å². The van der Waals surface area contributed by atoms with E-state index >= 15 is 0 Å². The molecule has 0 spiro atoms. The summed E-state index contributed by atoms with van der Waals surface area (Å²) in [5.74, 6) is 0.0946. The Balaban J connectivity index is 2.77. The van der Waals surface area contributed by atoms with E-state index in [1.54, 1.807) is 18.0 Å². The van der Waals surface area contributed by atoms with Crippen molar-refractivity contribution < 1.29 is 9.59 Å². The SMILES string of the molecule is Cc1ccccc1C(=O)NC(C(=O)N(C)CCC(N)C(C)C)C(C)C. The van der Waals surface area contributed by atoms with Crippen LogP contribution in [0.1, 0.15) is 50.0 Å². The van der Waals surface area contributed by atoms with Gasteiger partial charge in [0.15, 0.2) is 0 Å². The van der Waals surface area contributed by atoms with E-state index in [9.17, 15) is 9.59 Å². The molecular formula is C20H33N3O2. The molecule has 3 N–H and O–H groups in total. The lowest BCUT2D eigenvalue weighted by Crippen LogP contribution is -2.51. The van der Waals surface area contributed by atoms with Crippen LogP contribution in [0, 0.1) is 18.8 Å². The Bertz CT molecular complexity index is 584. The van der Waals surface area contributed by atoms with Gasteiger partial charge in [-0.05, 0) is 36.8 Å². The van der Waals surface area contributed by atoms with Gasteiger partial charge in [-0.2, -0.15) is 0 Å². The van der Waals surface area contributed by atoms with Gasteiger partial charge in [0, 0.05) is 25.2 Å². The van der Waals surface area contributed by atoms with Crippen LogP contribution in [0.25, 0.3) is 0 Å². The quantitative estimate of drug-likeness (QED) is 0.759. The van der Waals surface area contributed by atoms with Crippen LogP contribution in [0.3, 0.4) is 0 Å². The Morgan fingerprint density at radius 1 is 1.12 bits per heavy atom. The maximum atomic E-state index is 12.8. The van der Waals surface area contributed by atoms with Crippen molar-refractivity contribution in [3.05, 3.63) is 35.4 Å². The lowest BCUT2D eigenvalue weighted by Gasteiger charge is -2.28. The summed E-state index contributed by atoms with van der Waals surface area (Å²) >= 11 is 0. The summed E-state index contributed by atoms with van der Waals surface area (Å²) in [6.45, 7) is 10.5. The molecule has 2 amide bonds. The standard InChI is InChI=1S/C20H33N3O2/c1-13(2)17(21)11-12-23(6)20(25)18(14(3)4)22-19(24)16-10-8-7-9-15(16)5/h7-10,13-14,17-18H,11-12,21H2,1-6H3,(H,22,24). The van der Waals surface area contributed by atoms with Crippen molar-refractivity contribution in [3.63, 3.8) is 0 Å². The summed E-state index contributed by atoms with van der Waals surface area (Å²) in [6, 6.07) is 6.90. The zero-order chi connectivity index (χ0) is 19.1. The summed E-state index contributed by atoms with van der Waals surface area (Å²) in [5.41, 5.74) is 7.56. The minimum absolute atomic E-state index is 0.00157. The fourth-order valence-electron chi connectivity index (χ4n) is 2.58. The van der Waals surface area contributed by atoms with Gasteiger partial charge in [0.25, 0.3) is 5.91 Å². The highest BCUT2D eigenvalue weighted by molar-refractivity contribution is 5.98. The minimum atomic E-state index is -0.549. The molecule has 2 unspecified atom stereocenters. The molecule has 0 aliphatic heterocycles. The molecule has 140 valence electrons. The molecule has 0 aliphatic carbocycles. The molecule has 0 saturated heterocycles. The second kappa shape index (κ2) is 9.56. The molecule has 0 saturated carbocycles. The predicted octanol–water partition coefficient (Wildman–Crippen LogP) is 2.58. The van der Waals surface area contributed by atoms with Crippen molar-refractivity contribution in [3.8, 4) is 0 Å². The molecule has 0 fully saturated rings. The summed E-state index contributed by atoms with van der Waals surface area (Å²) in [7, 11) is 1.77. The second-order valence-electron chi connectivity index (χ2n) is 7.47. The molecule has 5 nitrogen and oxygen atoms in total. The minimum Gasteiger partial charge on any atom is -0.344 e. The van der Waals surface area contributed by atoms with Crippen LogP contribution < -0.4 is 11.1 Å². The number of nitrogens with one attached hydrogen (secondary N) is 1. The molecule has 1 aromatic carbocycles. The number of likely N-dealkylation sites (N-methyl/N-ethyl adjacent to an activating group) is 1. The van der Waals surface area contributed by atoms with Gasteiger partial charge in [-0.1, -0.05) is 45.9 Å². The van der Waals surface area contributed by atoms with E-state index in [1.807, 2.05) is 39.0 Å². The van der Waals surface area contributed by atoms with Crippen LogP contribution in [-0.2, 0) is 4.79 Å². The number of amides is 2. The molecule has 5 heteroatoms. The number of carbonyl (C=O) groups is 2. The number of benzene rings is 1. The largest absolute Gasteiger partial charge is 0.344 e. The fraction of sp³-hybridized carbons (Fsp3) is 0.600. The molecule has 1 aromatic rings. The highest BCUT2D eigenvalue weighted by Crippen LogP contribution is 2.11. The van der Waals surface area contributed by atoms with Crippen LogP contribution in [0.5, 0.6) is 0 Å². The van der Waals surface area contributed by atoms with Crippen LogP contribution in [0.4, 0.5) is 0 Å². The monoisotopic (exact) mass is 347 g/mol. The van der Waals surface area contributed by atoms with E-state index in [2.05, 4.69) is 19.2 Å². The van der Waals surface area contributed by atoms with Gasteiger partial charge in [0.1, 0.15) is 6.04 Å². The number of hydrogen-bond acceptors (Lipinski definition) is 3. The first kappa shape index (κ1) is 21.2. The Hall–Kier alpha value is -1.88. The lowest BCUT2D eigenvalue weighted by atomic mass is 10.00. The highest BCUT2D eigenvalue weighted by atomic mass is 16.2. The van der Waals surface area contributed by atoms with Crippen molar-refractivity contribution in [2.24, 2.45) is 17.6 Å². The molecular weight excluding hydrogens is 314 g/mol. The zero-order valence-corrected chi connectivity index (χ0v) is 16.4. The van der Waals surface area contributed by atoms with Crippen molar-refractivity contribution in [1.82, 2.24) is 10.2 Å². The van der Waals surface area contributed by atoms with Gasteiger partial charge < -0.3 is 16.0 Å². The van der Waals surface area contributed by atoms with Gasteiger partial charge in [-0.3, -0.25) is 9.59 Å². The van der Waals surface area contributed by atoms with E-state index in [4.69, 9.17) is 5.73 Å². The van der Waals surface area contributed by atoms with Gasteiger partial charge >= 0.3 is 0 Å². The molecule has 0 heterocycles. The average molecular weight is 348 g/mol.